The Labute approximate surface area is 167 Å². The molecule has 2 aromatic heterocycles. The highest BCUT2D eigenvalue weighted by molar-refractivity contribution is 8.00. The molecule has 4 rings (SSSR count). The second-order valence-electron chi connectivity index (χ2n) is 6.78. The third kappa shape index (κ3) is 4.78. The van der Waals surface area contributed by atoms with Crippen LogP contribution in [0.25, 0.3) is 11.3 Å². The van der Waals surface area contributed by atoms with Gasteiger partial charge in [-0.25, -0.2) is 4.39 Å². The molecule has 3 aromatic rings. The fraction of sp³-hybridized carbons (Fsp3) is 0.286. The smallest absolute Gasteiger partial charge is 0.230 e. The molecule has 1 N–H and O–H groups in total. The molecule has 0 bridgehead atoms. The number of benzene rings is 1. The molecule has 1 amide bonds. The van der Waals surface area contributed by atoms with E-state index in [0.29, 0.717) is 24.8 Å². The van der Waals surface area contributed by atoms with Gasteiger partial charge in [0, 0.05) is 41.0 Å². The van der Waals surface area contributed by atoms with E-state index >= 15 is 0 Å². The lowest BCUT2D eigenvalue weighted by Crippen LogP contribution is -2.29. The SMILES string of the molecule is O=C(CSc1ccc(F)cc1)NCCn1nc(-c2ccncc2)cc1C1CC1. The normalized spacial score (nSPS) is 13.5. The summed E-state index contributed by atoms with van der Waals surface area (Å²) in [7, 11) is 0. The number of rotatable bonds is 8. The molecule has 0 radical (unpaired) electrons. The monoisotopic (exact) mass is 396 g/mol. The van der Waals surface area contributed by atoms with Crippen LogP contribution in [0.4, 0.5) is 4.39 Å². The van der Waals surface area contributed by atoms with Crippen LogP contribution in [0.3, 0.4) is 0 Å². The van der Waals surface area contributed by atoms with E-state index in [4.69, 9.17) is 5.10 Å². The molecule has 0 saturated heterocycles. The summed E-state index contributed by atoms with van der Waals surface area (Å²) in [5, 5.41) is 7.68. The average Bonchev–Trinajstić information content (AvgIpc) is 3.48. The molecule has 1 aromatic carbocycles. The molecule has 1 saturated carbocycles. The average molecular weight is 396 g/mol. The van der Waals surface area contributed by atoms with Crippen LogP contribution in [0.5, 0.6) is 0 Å². The number of nitrogens with one attached hydrogen (secondary N) is 1. The fourth-order valence-corrected chi connectivity index (χ4v) is 3.74. The third-order valence-corrected chi connectivity index (χ3v) is 5.62. The molecule has 0 spiro atoms. The van der Waals surface area contributed by atoms with E-state index in [1.54, 1.807) is 24.5 Å². The minimum Gasteiger partial charge on any atom is -0.354 e. The van der Waals surface area contributed by atoms with Crippen molar-refractivity contribution in [3.63, 3.8) is 0 Å². The van der Waals surface area contributed by atoms with E-state index in [9.17, 15) is 9.18 Å². The highest BCUT2D eigenvalue weighted by Gasteiger charge is 2.28. The van der Waals surface area contributed by atoms with Gasteiger partial charge in [0.15, 0.2) is 0 Å². The van der Waals surface area contributed by atoms with Crippen LogP contribution in [0, 0.1) is 5.82 Å². The number of thioether (sulfide) groups is 1. The summed E-state index contributed by atoms with van der Waals surface area (Å²) >= 11 is 1.40. The van der Waals surface area contributed by atoms with Crippen molar-refractivity contribution in [1.82, 2.24) is 20.1 Å². The standard InChI is InChI=1S/C21H21FN4OS/c22-17-3-5-18(6-4-17)28-14-21(27)24-11-12-26-20(16-1-2-16)13-19(25-26)15-7-9-23-10-8-15/h3-10,13,16H,1-2,11-12,14H2,(H,24,27). The van der Waals surface area contributed by atoms with Gasteiger partial charge in [-0.05, 0) is 55.3 Å². The van der Waals surface area contributed by atoms with Crippen molar-refractivity contribution in [3.05, 3.63) is 66.4 Å². The van der Waals surface area contributed by atoms with Crippen LogP contribution >= 0.6 is 11.8 Å². The van der Waals surface area contributed by atoms with E-state index in [0.717, 1.165) is 16.2 Å². The zero-order chi connectivity index (χ0) is 19.3. The molecule has 1 aliphatic carbocycles. The number of hydrogen-bond donors (Lipinski definition) is 1. The van der Waals surface area contributed by atoms with Crippen molar-refractivity contribution >= 4 is 17.7 Å². The van der Waals surface area contributed by atoms with Crippen LogP contribution in [-0.2, 0) is 11.3 Å². The molecule has 0 atom stereocenters. The topological polar surface area (TPSA) is 59.8 Å². The molecule has 0 unspecified atom stereocenters. The molecular weight excluding hydrogens is 375 g/mol. The van der Waals surface area contributed by atoms with Gasteiger partial charge in [0.05, 0.1) is 18.0 Å². The molecule has 144 valence electrons. The molecule has 28 heavy (non-hydrogen) atoms. The second-order valence-corrected chi connectivity index (χ2v) is 7.83. The number of aromatic nitrogens is 3. The first kappa shape index (κ1) is 18.7. The Bertz CT molecular complexity index is 939. The van der Waals surface area contributed by atoms with Crippen molar-refractivity contribution < 1.29 is 9.18 Å². The van der Waals surface area contributed by atoms with Gasteiger partial charge in [0.1, 0.15) is 5.82 Å². The summed E-state index contributed by atoms with van der Waals surface area (Å²) in [6.07, 6.45) is 5.93. The molecule has 0 aliphatic heterocycles. The fourth-order valence-electron chi connectivity index (χ4n) is 3.01. The van der Waals surface area contributed by atoms with E-state index in [1.807, 2.05) is 16.8 Å². The van der Waals surface area contributed by atoms with Crippen molar-refractivity contribution in [3.8, 4) is 11.3 Å². The molecule has 1 aliphatic rings. The number of nitrogens with zero attached hydrogens (tertiary/aromatic N) is 3. The Morgan fingerprint density at radius 1 is 1.18 bits per heavy atom. The van der Waals surface area contributed by atoms with Crippen molar-refractivity contribution in [2.45, 2.75) is 30.2 Å². The number of hydrogen-bond acceptors (Lipinski definition) is 4. The van der Waals surface area contributed by atoms with Crippen molar-refractivity contribution in [1.29, 1.82) is 0 Å². The van der Waals surface area contributed by atoms with Crippen molar-refractivity contribution in [2.75, 3.05) is 12.3 Å². The molecular formula is C21H21FN4OS. The zero-order valence-corrected chi connectivity index (χ0v) is 16.2. The van der Waals surface area contributed by atoms with Gasteiger partial charge in [-0.3, -0.25) is 14.5 Å². The Balaban J connectivity index is 1.31. The molecule has 5 nitrogen and oxygen atoms in total. The zero-order valence-electron chi connectivity index (χ0n) is 15.3. The first-order chi connectivity index (χ1) is 13.7. The third-order valence-electron chi connectivity index (χ3n) is 4.61. The summed E-state index contributed by atoms with van der Waals surface area (Å²) in [5.74, 6) is 0.574. The summed E-state index contributed by atoms with van der Waals surface area (Å²) in [4.78, 5) is 17.0. The van der Waals surface area contributed by atoms with Crippen molar-refractivity contribution in [2.24, 2.45) is 0 Å². The highest BCUT2D eigenvalue weighted by Crippen LogP contribution is 2.41. The molecule has 2 heterocycles. The van der Waals surface area contributed by atoms with Gasteiger partial charge in [-0.15, -0.1) is 11.8 Å². The number of pyridine rings is 1. The molecule has 7 heteroatoms. The maximum absolute atomic E-state index is 12.9. The lowest BCUT2D eigenvalue weighted by Gasteiger charge is -2.08. The van der Waals surface area contributed by atoms with Crippen LogP contribution in [0.1, 0.15) is 24.5 Å². The number of carbonyl (C=O) groups excluding carboxylic acids is 1. The van der Waals surface area contributed by atoms with Gasteiger partial charge >= 0.3 is 0 Å². The van der Waals surface area contributed by atoms with Gasteiger partial charge < -0.3 is 5.32 Å². The summed E-state index contributed by atoms with van der Waals surface area (Å²) < 4.78 is 14.9. The molecule has 1 fully saturated rings. The van der Waals surface area contributed by atoms with Crippen LogP contribution in [-0.4, -0.2) is 33.0 Å². The Morgan fingerprint density at radius 2 is 1.93 bits per heavy atom. The minimum absolute atomic E-state index is 0.0381. The Hall–Kier alpha value is -2.67. The van der Waals surface area contributed by atoms with E-state index in [1.165, 1.54) is 42.4 Å². The van der Waals surface area contributed by atoms with E-state index < -0.39 is 0 Å². The lowest BCUT2D eigenvalue weighted by atomic mass is 10.2. The Morgan fingerprint density at radius 3 is 2.64 bits per heavy atom. The van der Waals surface area contributed by atoms with Crippen LogP contribution < -0.4 is 5.32 Å². The van der Waals surface area contributed by atoms with E-state index in [2.05, 4.69) is 16.4 Å². The van der Waals surface area contributed by atoms with Crippen LogP contribution in [0.15, 0.2) is 59.8 Å². The first-order valence-corrected chi connectivity index (χ1v) is 10.3. The first-order valence-electron chi connectivity index (χ1n) is 9.32. The lowest BCUT2D eigenvalue weighted by molar-refractivity contribution is -0.118. The van der Waals surface area contributed by atoms with E-state index in [-0.39, 0.29) is 11.7 Å². The van der Waals surface area contributed by atoms with Crippen LogP contribution in [0.2, 0.25) is 0 Å². The van der Waals surface area contributed by atoms with Gasteiger partial charge in [0.2, 0.25) is 5.91 Å². The van der Waals surface area contributed by atoms with Gasteiger partial charge in [-0.2, -0.15) is 5.10 Å². The summed E-state index contributed by atoms with van der Waals surface area (Å²) in [6, 6.07) is 12.2. The maximum Gasteiger partial charge on any atom is 0.230 e. The highest BCUT2D eigenvalue weighted by atomic mass is 32.2. The second kappa shape index (κ2) is 8.56. The minimum atomic E-state index is -0.273. The van der Waals surface area contributed by atoms with Gasteiger partial charge in [-0.1, -0.05) is 0 Å². The predicted octanol–water partition coefficient (Wildman–Crippen LogP) is 3.87. The van der Waals surface area contributed by atoms with Gasteiger partial charge in [0.25, 0.3) is 0 Å². The summed E-state index contributed by atoms with van der Waals surface area (Å²) in [6.45, 7) is 1.17. The number of carbonyl (C=O) groups is 1. The Kier molecular flexibility index (Phi) is 5.71. The maximum atomic E-state index is 12.9. The summed E-state index contributed by atoms with van der Waals surface area (Å²) in [5.41, 5.74) is 3.24. The number of halogens is 1. The number of amides is 1. The largest absolute Gasteiger partial charge is 0.354 e. The quantitative estimate of drug-likeness (QED) is 0.587. The predicted molar refractivity (Wildman–Crippen MR) is 108 cm³/mol.